The minimum Gasteiger partial charge on any atom is -0.378 e. The van der Waals surface area contributed by atoms with E-state index in [4.69, 9.17) is 4.74 Å². The van der Waals surface area contributed by atoms with Gasteiger partial charge in [0.1, 0.15) is 0 Å². The van der Waals surface area contributed by atoms with Gasteiger partial charge in [-0.15, -0.1) is 0 Å². The van der Waals surface area contributed by atoms with Gasteiger partial charge in [0, 0.05) is 24.2 Å². The van der Waals surface area contributed by atoms with Gasteiger partial charge < -0.3 is 15.4 Å². The van der Waals surface area contributed by atoms with Crippen molar-refractivity contribution in [3.8, 4) is 0 Å². The summed E-state index contributed by atoms with van der Waals surface area (Å²) in [6.45, 7) is 13.8. The molecule has 4 heteroatoms. The van der Waals surface area contributed by atoms with Crippen LogP contribution in [0, 0.1) is 0 Å². The van der Waals surface area contributed by atoms with Crippen LogP contribution < -0.4 is 10.6 Å². The van der Waals surface area contributed by atoms with Gasteiger partial charge in [-0.25, -0.2) is 0 Å². The Labute approximate surface area is 123 Å². The van der Waals surface area contributed by atoms with E-state index in [1.807, 2.05) is 0 Å². The Morgan fingerprint density at radius 1 is 1.30 bits per heavy atom. The van der Waals surface area contributed by atoms with Gasteiger partial charge in [0.2, 0.25) is 5.91 Å². The smallest absolute Gasteiger partial charge is 0.243 e. The summed E-state index contributed by atoms with van der Waals surface area (Å²) in [6.07, 6.45) is 5.63. The van der Waals surface area contributed by atoms with Crippen molar-refractivity contribution in [3.63, 3.8) is 0 Å². The average Bonchev–Trinajstić information content (AvgIpc) is 2.29. The zero-order chi connectivity index (χ0) is 15.2. The third kappa shape index (κ3) is 6.53. The van der Waals surface area contributed by atoms with Crippen LogP contribution in [-0.4, -0.2) is 36.2 Å². The van der Waals surface area contributed by atoms with Crippen LogP contribution in [0.25, 0.3) is 0 Å². The normalized spacial score (nSPS) is 21.4. The highest BCUT2D eigenvalue weighted by Crippen LogP contribution is 2.30. The number of hydrogen-bond acceptors (Lipinski definition) is 3. The third-order valence-electron chi connectivity index (χ3n) is 3.56. The fourth-order valence-electron chi connectivity index (χ4n) is 3.11. The van der Waals surface area contributed by atoms with Crippen LogP contribution in [0.15, 0.2) is 12.7 Å². The van der Waals surface area contributed by atoms with Gasteiger partial charge in [0.05, 0.1) is 6.10 Å². The number of piperidine rings is 1. The van der Waals surface area contributed by atoms with Crippen molar-refractivity contribution in [3.05, 3.63) is 12.7 Å². The summed E-state index contributed by atoms with van der Waals surface area (Å²) in [5, 5.41) is 6.43. The number of amides is 1. The summed E-state index contributed by atoms with van der Waals surface area (Å²) in [5.41, 5.74) is 0.259. The predicted octanol–water partition coefficient (Wildman–Crippen LogP) is 2.39. The van der Waals surface area contributed by atoms with Crippen LogP contribution in [0.1, 0.15) is 53.4 Å². The molecule has 0 unspecified atom stereocenters. The largest absolute Gasteiger partial charge is 0.378 e. The van der Waals surface area contributed by atoms with E-state index in [-0.39, 0.29) is 17.0 Å². The quantitative estimate of drug-likeness (QED) is 0.557. The van der Waals surface area contributed by atoms with E-state index in [0.29, 0.717) is 12.6 Å². The van der Waals surface area contributed by atoms with Gasteiger partial charge in [-0.1, -0.05) is 6.58 Å². The molecular formula is C16H30N2O2. The molecule has 1 rings (SSSR count). The second-order valence-corrected chi connectivity index (χ2v) is 7.00. The zero-order valence-electron chi connectivity index (χ0n) is 13.4. The van der Waals surface area contributed by atoms with E-state index < -0.39 is 0 Å². The number of nitrogens with one attached hydrogen (secondary N) is 2. The highest BCUT2D eigenvalue weighted by atomic mass is 16.5. The Kier molecular flexibility index (Phi) is 6.21. The summed E-state index contributed by atoms with van der Waals surface area (Å²) in [5.74, 6) is -0.104. The lowest BCUT2D eigenvalue weighted by molar-refractivity contribution is -0.116. The molecule has 0 bridgehead atoms. The molecule has 4 nitrogen and oxygen atoms in total. The lowest BCUT2D eigenvalue weighted by Gasteiger charge is -2.46. The highest BCUT2D eigenvalue weighted by Gasteiger charge is 2.37. The van der Waals surface area contributed by atoms with Crippen molar-refractivity contribution in [1.82, 2.24) is 10.6 Å². The standard InChI is InChI=1S/C16H30N2O2/c1-6-14(19)17-9-7-8-10-20-13-11-15(2,3)18-16(4,5)12-13/h6,13,18H,1,7-12H2,2-5H3,(H,17,19). The van der Waals surface area contributed by atoms with Gasteiger partial charge in [-0.3, -0.25) is 4.79 Å². The highest BCUT2D eigenvalue weighted by molar-refractivity contribution is 5.86. The first kappa shape index (κ1) is 17.2. The number of carbonyl (C=O) groups is 1. The van der Waals surface area contributed by atoms with E-state index in [0.717, 1.165) is 32.3 Å². The van der Waals surface area contributed by atoms with Crippen LogP contribution in [0.5, 0.6) is 0 Å². The third-order valence-corrected chi connectivity index (χ3v) is 3.56. The van der Waals surface area contributed by atoms with E-state index in [1.54, 1.807) is 0 Å². The molecule has 0 radical (unpaired) electrons. The molecule has 116 valence electrons. The van der Waals surface area contributed by atoms with E-state index in [2.05, 4.69) is 44.9 Å². The molecule has 1 amide bonds. The minimum atomic E-state index is -0.104. The molecule has 0 aromatic heterocycles. The van der Waals surface area contributed by atoms with Crippen LogP contribution in [-0.2, 0) is 9.53 Å². The molecule has 0 aromatic rings. The summed E-state index contributed by atoms with van der Waals surface area (Å²) in [7, 11) is 0. The molecule has 0 aromatic carbocycles. The number of unbranched alkanes of at least 4 members (excludes halogenated alkanes) is 1. The van der Waals surface area contributed by atoms with E-state index in [9.17, 15) is 4.79 Å². The molecule has 2 N–H and O–H groups in total. The van der Waals surface area contributed by atoms with Crippen molar-refractivity contribution in [2.45, 2.75) is 70.6 Å². The molecule has 1 fully saturated rings. The molecule has 0 saturated carbocycles. The Bertz CT molecular complexity index is 321. The summed E-state index contributed by atoms with van der Waals surface area (Å²) in [6, 6.07) is 0. The molecule has 0 atom stereocenters. The maximum Gasteiger partial charge on any atom is 0.243 e. The Hall–Kier alpha value is -0.870. The van der Waals surface area contributed by atoms with Crippen LogP contribution in [0.2, 0.25) is 0 Å². The van der Waals surface area contributed by atoms with Gasteiger partial charge in [0.25, 0.3) is 0 Å². The van der Waals surface area contributed by atoms with Crippen molar-refractivity contribution >= 4 is 5.91 Å². The van der Waals surface area contributed by atoms with Crippen LogP contribution >= 0.6 is 0 Å². The van der Waals surface area contributed by atoms with Crippen molar-refractivity contribution in [2.75, 3.05) is 13.2 Å². The molecular weight excluding hydrogens is 252 g/mol. The summed E-state index contributed by atoms with van der Waals surface area (Å²) < 4.78 is 6.01. The maximum absolute atomic E-state index is 11.0. The van der Waals surface area contributed by atoms with Crippen LogP contribution in [0.3, 0.4) is 0 Å². The summed E-state index contributed by atoms with van der Waals surface area (Å²) >= 11 is 0. The fourth-order valence-corrected chi connectivity index (χ4v) is 3.11. The monoisotopic (exact) mass is 282 g/mol. The SMILES string of the molecule is C=CC(=O)NCCCCOC1CC(C)(C)NC(C)(C)C1. The number of rotatable bonds is 7. The van der Waals surface area contributed by atoms with E-state index >= 15 is 0 Å². The van der Waals surface area contributed by atoms with Gasteiger partial charge >= 0.3 is 0 Å². The van der Waals surface area contributed by atoms with Crippen molar-refractivity contribution < 1.29 is 9.53 Å². The van der Waals surface area contributed by atoms with E-state index in [1.165, 1.54) is 6.08 Å². The average molecular weight is 282 g/mol. The van der Waals surface area contributed by atoms with Gasteiger partial charge in [-0.2, -0.15) is 0 Å². The summed E-state index contributed by atoms with van der Waals surface area (Å²) in [4.78, 5) is 11.0. The molecule has 1 aliphatic heterocycles. The lowest BCUT2D eigenvalue weighted by Crippen LogP contribution is -2.59. The number of ether oxygens (including phenoxy) is 1. The Balaban J connectivity index is 2.18. The van der Waals surface area contributed by atoms with Gasteiger partial charge in [-0.05, 0) is 59.5 Å². The predicted molar refractivity (Wildman–Crippen MR) is 82.7 cm³/mol. The molecule has 1 aliphatic rings. The molecule has 0 spiro atoms. The lowest BCUT2D eigenvalue weighted by atomic mass is 9.81. The molecule has 20 heavy (non-hydrogen) atoms. The van der Waals surface area contributed by atoms with Crippen molar-refractivity contribution in [2.24, 2.45) is 0 Å². The van der Waals surface area contributed by atoms with Gasteiger partial charge in [0.15, 0.2) is 0 Å². The maximum atomic E-state index is 11.0. The second-order valence-electron chi connectivity index (χ2n) is 7.00. The van der Waals surface area contributed by atoms with Crippen LogP contribution in [0.4, 0.5) is 0 Å². The minimum absolute atomic E-state index is 0.104. The van der Waals surface area contributed by atoms with Crippen molar-refractivity contribution in [1.29, 1.82) is 0 Å². The fraction of sp³-hybridized carbons (Fsp3) is 0.812. The Morgan fingerprint density at radius 2 is 1.90 bits per heavy atom. The molecule has 1 heterocycles. The first-order valence-electron chi connectivity index (χ1n) is 7.55. The molecule has 1 saturated heterocycles. The number of hydrogen-bond donors (Lipinski definition) is 2. The first-order valence-corrected chi connectivity index (χ1v) is 7.55. The molecule has 0 aliphatic carbocycles. The second kappa shape index (κ2) is 7.23. The number of carbonyl (C=O) groups excluding carboxylic acids is 1. The Morgan fingerprint density at radius 3 is 2.45 bits per heavy atom. The zero-order valence-corrected chi connectivity index (χ0v) is 13.4. The topological polar surface area (TPSA) is 50.4 Å². The first-order chi connectivity index (χ1) is 9.24.